The van der Waals surface area contributed by atoms with Gasteiger partial charge in [-0.05, 0) is 23.6 Å². The number of aromatic nitrogens is 4. The zero-order chi connectivity index (χ0) is 15.1. The Morgan fingerprint density at radius 2 is 1.86 bits per heavy atom. The first kappa shape index (κ1) is 13.6. The smallest absolute Gasteiger partial charge is 0.322 e. The highest BCUT2D eigenvalue weighted by Gasteiger charge is 2.15. The Balaban J connectivity index is 2.26. The lowest BCUT2D eigenvalue weighted by Crippen LogP contribution is -2.37. The van der Waals surface area contributed by atoms with Crippen molar-refractivity contribution in [1.29, 1.82) is 0 Å². The summed E-state index contributed by atoms with van der Waals surface area (Å²) in [7, 11) is 4.86. The van der Waals surface area contributed by atoms with Gasteiger partial charge >= 0.3 is 5.69 Å². The van der Waals surface area contributed by atoms with E-state index in [1.807, 2.05) is 29.7 Å². The quantitative estimate of drug-likeness (QED) is 0.714. The molecular weight excluding hydrogens is 288 g/mol. The monoisotopic (exact) mass is 302 g/mol. The summed E-state index contributed by atoms with van der Waals surface area (Å²) in [5, 5.41) is 1.99. The molecule has 0 bridgehead atoms. The van der Waals surface area contributed by atoms with Gasteiger partial charge in [-0.1, -0.05) is 6.07 Å². The van der Waals surface area contributed by atoms with Gasteiger partial charge < -0.3 is 4.57 Å². The minimum atomic E-state index is -0.376. The lowest BCUT2D eigenvalue weighted by atomic mass is 10.4. The van der Waals surface area contributed by atoms with Gasteiger partial charge in [0, 0.05) is 26.0 Å². The molecule has 0 spiro atoms. The van der Waals surface area contributed by atoms with Crippen LogP contribution in [0.1, 0.15) is 10.7 Å². The van der Waals surface area contributed by atoms with Crippen molar-refractivity contribution in [3.8, 4) is 0 Å². The van der Waals surface area contributed by atoms with Crippen LogP contribution in [0, 0.1) is 0 Å². The molecule has 0 N–H and O–H groups in total. The van der Waals surface area contributed by atoms with E-state index >= 15 is 0 Å². The van der Waals surface area contributed by atoms with Crippen molar-refractivity contribution in [2.45, 2.75) is 0 Å². The van der Waals surface area contributed by atoms with Crippen molar-refractivity contribution >= 4 is 34.7 Å². The third kappa shape index (κ3) is 2.06. The molecule has 0 saturated carbocycles. The summed E-state index contributed by atoms with van der Waals surface area (Å²) in [5.74, 6) is 0.636. The summed E-state index contributed by atoms with van der Waals surface area (Å²) in [5.41, 5.74) is 0.111. The lowest BCUT2D eigenvalue weighted by Gasteiger charge is -2.02. The van der Waals surface area contributed by atoms with Crippen molar-refractivity contribution < 1.29 is 0 Å². The fourth-order valence-corrected chi connectivity index (χ4v) is 2.85. The highest BCUT2D eigenvalue weighted by Crippen LogP contribution is 2.15. The molecule has 108 valence electrons. The molecule has 0 aliphatic carbocycles. The Kier molecular flexibility index (Phi) is 3.13. The number of imidazole rings is 1. The number of nitrogens with zero attached hydrogens (tertiary/aromatic N) is 4. The zero-order valence-electron chi connectivity index (χ0n) is 11.9. The summed E-state index contributed by atoms with van der Waals surface area (Å²) < 4.78 is 4.19. The molecule has 0 aliphatic rings. The molecule has 7 heteroatoms. The van der Waals surface area contributed by atoms with Gasteiger partial charge in [0.1, 0.15) is 5.82 Å². The van der Waals surface area contributed by atoms with Crippen LogP contribution in [0.4, 0.5) is 0 Å². The SMILES string of the molecule is Cn1c(=O)c2c(nc(/C=C/c3cccs3)n2C)n(C)c1=O. The van der Waals surface area contributed by atoms with E-state index in [2.05, 4.69) is 4.98 Å². The second-order valence-corrected chi connectivity index (χ2v) is 5.74. The maximum Gasteiger partial charge on any atom is 0.332 e. The number of aryl methyl sites for hydroxylation is 2. The van der Waals surface area contributed by atoms with Crippen molar-refractivity contribution in [1.82, 2.24) is 18.7 Å². The van der Waals surface area contributed by atoms with Gasteiger partial charge in [-0.15, -0.1) is 11.3 Å². The van der Waals surface area contributed by atoms with Crippen LogP contribution in [0.15, 0.2) is 27.1 Å². The Labute approximate surface area is 124 Å². The normalized spacial score (nSPS) is 11.8. The summed E-state index contributed by atoms with van der Waals surface area (Å²) in [6, 6.07) is 3.97. The van der Waals surface area contributed by atoms with E-state index < -0.39 is 0 Å². The molecule has 3 rings (SSSR count). The molecule has 3 aromatic heterocycles. The average Bonchev–Trinajstić information content (AvgIpc) is 3.09. The Morgan fingerprint density at radius 3 is 2.52 bits per heavy atom. The zero-order valence-corrected chi connectivity index (χ0v) is 12.7. The second kappa shape index (κ2) is 4.85. The largest absolute Gasteiger partial charge is 0.332 e. The van der Waals surface area contributed by atoms with Crippen LogP contribution in [0.3, 0.4) is 0 Å². The molecule has 0 atom stereocenters. The van der Waals surface area contributed by atoms with Crippen molar-refractivity contribution in [2.24, 2.45) is 21.1 Å². The number of fused-ring (bicyclic) bond motifs is 1. The first-order valence-corrected chi connectivity index (χ1v) is 7.22. The molecule has 0 saturated heterocycles. The van der Waals surface area contributed by atoms with Gasteiger partial charge in [-0.2, -0.15) is 0 Å². The van der Waals surface area contributed by atoms with Gasteiger partial charge in [0.2, 0.25) is 0 Å². The number of rotatable bonds is 2. The van der Waals surface area contributed by atoms with E-state index in [9.17, 15) is 9.59 Å². The third-order valence-electron chi connectivity index (χ3n) is 3.45. The molecule has 0 unspecified atom stereocenters. The number of hydrogen-bond donors (Lipinski definition) is 0. The molecule has 0 aliphatic heterocycles. The predicted molar refractivity (Wildman–Crippen MR) is 84.4 cm³/mol. The number of hydrogen-bond acceptors (Lipinski definition) is 4. The van der Waals surface area contributed by atoms with Crippen LogP contribution < -0.4 is 11.2 Å². The maximum atomic E-state index is 12.2. The summed E-state index contributed by atoms with van der Waals surface area (Å²) in [6.45, 7) is 0. The van der Waals surface area contributed by atoms with Crippen LogP contribution >= 0.6 is 11.3 Å². The van der Waals surface area contributed by atoms with Gasteiger partial charge in [0.15, 0.2) is 11.2 Å². The maximum absolute atomic E-state index is 12.2. The fraction of sp³-hybridized carbons (Fsp3) is 0.214. The third-order valence-corrected chi connectivity index (χ3v) is 4.29. The van der Waals surface area contributed by atoms with Crippen LogP contribution in [0.25, 0.3) is 23.3 Å². The molecule has 0 radical (unpaired) electrons. The number of thiophene rings is 1. The van der Waals surface area contributed by atoms with Crippen LogP contribution in [0.2, 0.25) is 0 Å². The average molecular weight is 302 g/mol. The topological polar surface area (TPSA) is 61.8 Å². The van der Waals surface area contributed by atoms with Crippen molar-refractivity contribution in [3.05, 3.63) is 49.1 Å². The molecule has 0 amide bonds. The van der Waals surface area contributed by atoms with E-state index in [1.165, 1.54) is 11.6 Å². The van der Waals surface area contributed by atoms with Gasteiger partial charge in [0.25, 0.3) is 5.56 Å². The summed E-state index contributed by atoms with van der Waals surface area (Å²) >= 11 is 1.62. The Morgan fingerprint density at radius 1 is 1.10 bits per heavy atom. The molecule has 6 nitrogen and oxygen atoms in total. The predicted octanol–water partition coefficient (Wildman–Crippen LogP) is 1.20. The summed E-state index contributed by atoms with van der Waals surface area (Å²) in [4.78, 5) is 29.7. The second-order valence-electron chi connectivity index (χ2n) is 4.76. The first-order valence-electron chi connectivity index (χ1n) is 6.34. The van der Waals surface area contributed by atoms with E-state index in [1.54, 1.807) is 30.0 Å². The van der Waals surface area contributed by atoms with Crippen LogP contribution in [0.5, 0.6) is 0 Å². The van der Waals surface area contributed by atoms with E-state index in [-0.39, 0.29) is 11.2 Å². The molecule has 3 aromatic rings. The Hall–Kier alpha value is -2.41. The fourth-order valence-electron chi connectivity index (χ4n) is 2.23. The molecule has 0 aromatic carbocycles. The van der Waals surface area contributed by atoms with Gasteiger partial charge in [-0.3, -0.25) is 13.9 Å². The van der Waals surface area contributed by atoms with Crippen molar-refractivity contribution in [2.75, 3.05) is 0 Å². The van der Waals surface area contributed by atoms with Crippen molar-refractivity contribution in [3.63, 3.8) is 0 Å². The van der Waals surface area contributed by atoms with Crippen LogP contribution in [-0.4, -0.2) is 18.7 Å². The molecular formula is C14H14N4O2S. The van der Waals surface area contributed by atoms with E-state index in [0.29, 0.717) is 17.0 Å². The van der Waals surface area contributed by atoms with E-state index in [0.717, 1.165) is 9.44 Å². The highest BCUT2D eigenvalue weighted by molar-refractivity contribution is 7.10. The van der Waals surface area contributed by atoms with Gasteiger partial charge in [-0.25, -0.2) is 9.78 Å². The molecule has 21 heavy (non-hydrogen) atoms. The molecule has 3 heterocycles. The minimum Gasteiger partial charge on any atom is -0.322 e. The highest BCUT2D eigenvalue weighted by atomic mass is 32.1. The Bertz CT molecular complexity index is 958. The minimum absolute atomic E-state index is 0.334. The summed E-state index contributed by atoms with van der Waals surface area (Å²) in [6.07, 6.45) is 3.78. The first-order chi connectivity index (χ1) is 10.0. The van der Waals surface area contributed by atoms with Crippen LogP contribution in [-0.2, 0) is 21.1 Å². The lowest BCUT2D eigenvalue weighted by molar-refractivity contribution is 0.705. The standard InChI is InChI=1S/C14H14N4O2S/c1-16-10(7-6-9-5-4-8-21-9)15-12-11(16)13(19)18(3)14(20)17(12)2/h4-8H,1-3H3/b7-6+. The molecule has 0 fully saturated rings. The van der Waals surface area contributed by atoms with E-state index in [4.69, 9.17) is 0 Å². The van der Waals surface area contributed by atoms with Gasteiger partial charge in [0.05, 0.1) is 0 Å².